The van der Waals surface area contributed by atoms with Crippen molar-refractivity contribution in [3.8, 4) is 0 Å². The summed E-state index contributed by atoms with van der Waals surface area (Å²) in [5.41, 5.74) is 0. The lowest BCUT2D eigenvalue weighted by Gasteiger charge is -2.36. The molecule has 1 aromatic heterocycles. The number of carbonyl (C=O) groups is 1. The van der Waals surface area contributed by atoms with Gasteiger partial charge in [-0.25, -0.2) is 0 Å². The number of methoxy groups -OCH3 is 1. The highest BCUT2D eigenvalue weighted by Crippen LogP contribution is 2.20. The molecule has 0 bridgehead atoms. The predicted octanol–water partition coefficient (Wildman–Crippen LogP) is 1.26. The lowest BCUT2D eigenvalue weighted by atomic mass is 10.2. The van der Waals surface area contributed by atoms with Crippen LogP contribution in [0.2, 0.25) is 0 Å². The predicted molar refractivity (Wildman–Crippen MR) is 81.4 cm³/mol. The minimum atomic E-state index is 0.0504. The highest BCUT2D eigenvalue weighted by atomic mass is 16.5. The summed E-state index contributed by atoms with van der Waals surface area (Å²) >= 11 is 0. The number of hydrogen-bond donors (Lipinski definition) is 0. The molecule has 1 saturated heterocycles. The molecular weight excluding hydrogens is 284 g/mol. The fourth-order valence-electron chi connectivity index (χ4n) is 2.60. The Balaban J connectivity index is 1.85. The normalized spacial score (nSPS) is 17.7. The van der Waals surface area contributed by atoms with Crippen LogP contribution in [0.4, 0.5) is 0 Å². The summed E-state index contributed by atoms with van der Waals surface area (Å²) in [6.45, 7) is 7.41. The van der Waals surface area contributed by atoms with E-state index in [0.717, 1.165) is 38.2 Å². The molecule has 1 aliphatic rings. The van der Waals surface area contributed by atoms with Crippen LogP contribution in [-0.2, 0) is 16.0 Å². The summed E-state index contributed by atoms with van der Waals surface area (Å²) in [4.78, 5) is 20.4. The van der Waals surface area contributed by atoms with Gasteiger partial charge in [0.05, 0.1) is 6.04 Å². The van der Waals surface area contributed by atoms with Gasteiger partial charge in [-0.3, -0.25) is 9.69 Å². The molecule has 1 fully saturated rings. The zero-order valence-electron chi connectivity index (χ0n) is 13.7. The third-order valence-corrected chi connectivity index (χ3v) is 4.08. The minimum Gasteiger partial charge on any atom is -0.375 e. The number of aryl methyl sites for hydroxylation is 1. The van der Waals surface area contributed by atoms with Gasteiger partial charge in [-0.15, -0.1) is 0 Å². The Morgan fingerprint density at radius 3 is 2.73 bits per heavy atom. The van der Waals surface area contributed by atoms with Crippen LogP contribution in [0.5, 0.6) is 0 Å². The van der Waals surface area contributed by atoms with E-state index in [-0.39, 0.29) is 18.6 Å². The lowest BCUT2D eigenvalue weighted by Crippen LogP contribution is -2.50. The molecule has 1 amide bonds. The van der Waals surface area contributed by atoms with Gasteiger partial charge in [-0.2, -0.15) is 4.98 Å². The minimum absolute atomic E-state index is 0.0504. The van der Waals surface area contributed by atoms with E-state index >= 15 is 0 Å². The molecule has 7 nitrogen and oxygen atoms in total. The Labute approximate surface area is 131 Å². The van der Waals surface area contributed by atoms with Crippen molar-refractivity contribution in [1.29, 1.82) is 0 Å². The van der Waals surface area contributed by atoms with Gasteiger partial charge < -0.3 is 14.2 Å². The second-order valence-corrected chi connectivity index (χ2v) is 5.68. The Hall–Kier alpha value is -1.47. The Kier molecular flexibility index (Phi) is 6.33. The summed E-state index contributed by atoms with van der Waals surface area (Å²) in [6, 6.07) is 0.0857. The summed E-state index contributed by atoms with van der Waals surface area (Å²) in [6.07, 6.45) is 3.07. The van der Waals surface area contributed by atoms with E-state index in [1.807, 2.05) is 4.90 Å². The van der Waals surface area contributed by atoms with Crippen molar-refractivity contribution in [2.24, 2.45) is 0 Å². The van der Waals surface area contributed by atoms with Gasteiger partial charge in [0.25, 0.3) is 0 Å². The number of unbranched alkanes of at least 4 members (excludes halogenated alkanes) is 1. The van der Waals surface area contributed by atoms with Crippen LogP contribution in [0.25, 0.3) is 0 Å². The van der Waals surface area contributed by atoms with Crippen LogP contribution in [0, 0.1) is 0 Å². The van der Waals surface area contributed by atoms with Crippen LogP contribution >= 0.6 is 0 Å². The average molecular weight is 310 g/mol. The Morgan fingerprint density at radius 2 is 2.09 bits per heavy atom. The number of hydrogen-bond acceptors (Lipinski definition) is 6. The van der Waals surface area contributed by atoms with E-state index in [1.165, 1.54) is 0 Å². The lowest BCUT2D eigenvalue weighted by molar-refractivity contribution is -0.137. The van der Waals surface area contributed by atoms with Gasteiger partial charge in [-0.05, 0) is 13.3 Å². The number of amides is 1. The van der Waals surface area contributed by atoms with Crippen molar-refractivity contribution < 1.29 is 14.1 Å². The molecule has 0 spiro atoms. The van der Waals surface area contributed by atoms with Crippen LogP contribution < -0.4 is 0 Å². The van der Waals surface area contributed by atoms with Crippen molar-refractivity contribution in [2.75, 3.05) is 39.9 Å². The quantitative estimate of drug-likeness (QED) is 0.755. The van der Waals surface area contributed by atoms with Gasteiger partial charge in [0.1, 0.15) is 6.61 Å². The van der Waals surface area contributed by atoms with Crippen molar-refractivity contribution >= 4 is 5.91 Å². The third kappa shape index (κ3) is 4.27. The molecule has 7 heteroatoms. The number of aromatic nitrogens is 2. The van der Waals surface area contributed by atoms with Crippen LogP contribution in [0.15, 0.2) is 4.52 Å². The molecule has 1 aliphatic heterocycles. The zero-order chi connectivity index (χ0) is 15.9. The van der Waals surface area contributed by atoms with E-state index in [0.29, 0.717) is 19.0 Å². The highest BCUT2D eigenvalue weighted by Gasteiger charge is 2.27. The first-order valence-electron chi connectivity index (χ1n) is 7.99. The summed E-state index contributed by atoms with van der Waals surface area (Å²) in [7, 11) is 1.54. The topological polar surface area (TPSA) is 71.7 Å². The number of nitrogens with zero attached hydrogens (tertiary/aromatic N) is 4. The maximum absolute atomic E-state index is 11.8. The fourth-order valence-corrected chi connectivity index (χ4v) is 2.60. The molecule has 1 atom stereocenters. The highest BCUT2D eigenvalue weighted by molar-refractivity contribution is 5.77. The van der Waals surface area contributed by atoms with Crippen molar-refractivity contribution in [1.82, 2.24) is 19.9 Å². The molecule has 2 heterocycles. The van der Waals surface area contributed by atoms with E-state index in [4.69, 9.17) is 9.26 Å². The Morgan fingerprint density at radius 1 is 1.36 bits per heavy atom. The van der Waals surface area contributed by atoms with E-state index in [9.17, 15) is 4.79 Å². The van der Waals surface area contributed by atoms with Crippen LogP contribution in [0.3, 0.4) is 0 Å². The van der Waals surface area contributed by atoms with Crippen LogP contribution in [0.1, 0.15) is 44.4 Å². The first-order chi connectivity index (χ1) is 10.7. The maximum Gasteiger partial charge on any atom is 0.248 e. The Bertz CT molecular complexity index is 469. The second kappa shape index (κ2) is 8.24. The van der Waals surface area contributed by atoms with Gasteiger partial charge in [0, 0.05) is 39.7 Å². The first kappa shape index (κ1) is 16.9. The summed E-state index contributed by atoms with van der Waals surface area (Å²) in [5.74, 6) is 1.51. The molecule has 22 heavy (non-hydrogen) atoms. The molecule has 1 unspecified atom stereocenters. The van der Waals surface area contributed by atoms with Crippen molar-refractivity contribution in [3.63, 3.8) is 0 Å². The smallest absolute Gasteiger partial charge is 0.248 e. The van der Waals surface area contributed by atoms with E-state index in [2.05, 4.69) is 28.9 Å². The van der Waals surface area contributed by atoms with Crippen molar-refractivity contribution in [2.45, 2.75) is 39.2 Å². The van der Waals surface area contributed by atoms with Gasteiger partial charge in [0.15, 0.2) is 5.82 Å². The molecule has 2 rings (SSSR count). The number of ether oxygens (including phenoxy) is 1. The van der Waals surface area contributed by atoms with Crippen LogP contribution in [-0.4, -0.2) is 65.7 Å². The van der Waals surface area contributed by atoms with Gasteiger partial charge >= 0.3 is 0 Å². The van der Waals surface area contributed by atoms with E-state index in [1.54, 1.807) is 7.11 Å². The molecule has 0 saturated carbocycles. The molecule has 0 radical (unpaired) electrons. The van der Waals surface area contributed by atoms with Gasteiger partial charge in [0.2, 0.25) is 11.8 Å². The van der Waals surface area contributed by atoms with E-state index < -0.39 is 0 Å². The first-order valence-corrected chi connectivity index (χ1v) is 7.99. The number of rotatable bonds is 7. The zero-order valence-corrected chi connectivity index (χ0v) is 13.7. The SMILES string of the molecule is CCCCc1noc(C(C)N2CCN(C(=O)COC)CC2)n1. The molecular formula is C15H26N4O3. The third-order valence-electron chi connectivity index (χ3n) is 4.08. The maximum atomic E-state index is 11.8. The summed E-state index contributed by atoms with van der Waals surface area (Å²) in [5, 5.41) is 4.04. The number of piperazine rings is 1. The summed E-state index contributed by atoms with van der Waals surface area (Å²) < 4.78 is 10.3. The monoisotopic (exact) mass is 310 g/mol. The fraction of sp³-hybridized carbons (Fsp3) is 0.800. The molecule has 0 aliphatic carbocycles. The largest absolute Gasteiger partial charge is 0.375 e. The molecule has 1 aromatic rings. The molecule has 124 valence electrons. The standard InChI is InChI=1S/C15H26N4O3/c1-4-5-6-13-16-15(22-17-13)12(2)18-7-9-19(10-8-18)14(20)11-21-3/h12H,4-11H2,1-3H3. The average Bonchev–Trinajstić information content (AvgIpc) is 3.01. The van der Waals surface area contributed by atoms with Crippen molar-refractivity contribution in [3.05, 3.63) is 11.7 Å². The molecule has 0 N–H and O–H groups in total. The number of carbonyl (C=O) groups excluding carboxylic acids is 1. The second-order valence-electron chi connectivity index (χ2n) is 5.68. The van der Waals surface area contributed by atoms with Gasteiger partial charge in [-0.1, -0.05) is 18.5 Å². The molecule has 0 aromatic carbocycles.